The van der Waals surface area contributed by atoms with Gasteiger partial charge in [-0.1, -0.05) is 25.2 Å². The van der Waals surface area contributed by atoms with E-state index in [2.05, 4.69) is 18.8 Å². The van der Waals surface area contributed by atoms with Crippen LogP contribution in [0.25, 0.3) is 0 Å². The number of thiazole rings is 1. The molecule has 1 aliphatic carbocycles. The highest BCUT2D eigenvalue weighted by atomic mass is 32.1. The first-order valence-electron chi connectivity index (χ1n) is 4.81. The van der Waals surface area contributed by atoms with Crippen LogP contribution in [0.15, 0.2) is 6.20 Å². The van der Waals surface area contributed by atoms with Gasteiger partial charge in [0.05, 0.1) is 7.11 Å². The fourth-order valence-electron chi connectivity index (χ4n) is 2.26. The number of ether oxygens (including phenoxy) is 1. The lowest BCUT2D eigenvalue weighted by Crippen LogP contribution is -2.05. The number of aromatic nitrogens is 1. The van der Waals surface area contributed by atoms with Gasteiger partial charge in [0.25, 0.3) is 5.19 Å². The van der Waals surface area contributed by atoms with E-state index in [0.29, 0.717) is 17.3 Å². The van der Waals surface area contributed by atoms with Crippen molar-refractivity contribution in [1.29, 1.82) is 0 Å². The first kappa shape index (κ1) is 9.93. The van der Waals surface area contributed by atoms with Gasteiger partial charge < -0.3 is 10.5 Å². The maximum Gasteiger partial charge on any atom is 0.273 e. The van der Waals surface area contributed by atoms with Gasteiger partial charge in [-0.3, -0.25) is 0 Å². The maximum absolute atomic E-state index is 5.73. The zero-order chi connectivity index (χ0) is 10.3. The van der Waals surface area contributed by atoms with Gasteiger partial charge in [-0.25, -0.2) is 4.98 Å². The first-order valence-corrected chi connectivity index (χ1v) is 5.62. The van der Waals surface area contributed by atoms with Crippen molar-refractivity contribution in [1.82, 2.24) is 4.98 Å². The first-order chi connectivity index (χ1) is 6.61. The lowest BCUT2D eigenvalue weighted by Gasteiger charge is -1.98. The van der Waals surface area contributed by atoms with E-state index in [1.807, 2.05) is 6.20 Å². The average molecular weight is 212 g/mol. The summed E-state index contributed by atoms with van der Waals surface area (Å²) in [6.07, 6.45) is 1.92. The van der Waals surface area contributed by atoms with Crippen molar-refractivity contribution in [2.75, 3.05) is 13.7 Å². The molecule has 2 N–H and O–H groups in total. The Bertz CT molecular complexity index is 335. The average Bonchev–Trinajstić information content (AvgIpc) is 2.55. The fourth-order valence-corrected chi connectivity index (χ4v) is 3.35. The van der Waals surface area contributed by atoms with E-state index in [4.69, 9.17) is 10.5 Å². The highest BCUT2D eigenvalue weighted by Gasteiger charge is 2.58. The Morgan fingerprint density at radius 2 is 2.36 bits per heavy atom. The molecule has 0 aliphatic heterocycles. The van der Waals surface area contributed by atoms with Crippen molar-refractivity contribution in [3.05, 3.63) is 11.1 Å². The zero-order valence-electron chi connectivity index (χ0n) is 8.78. The van der Waals surface area contributed by atoms with Crippen LogP contribution in [0, 0.1) is 11.3 Å². The Hall–Kier alpha value is -0.610. The predicted octanol–water partition coefficient (Wildman–Crippen LogP) is 1.85. The van der Waals surface area contributed by atoms with E-state index in [1.165, 1.54) is 4.88 Å². The van der Waals surface area contributed by atoms with E-state index in [1.54, 1.807) is 18.4 Å². The molecule has 2 rings (SSSR count). The van der Waals surface area contributed by atoms with Gasteiger partial charge in [0.15, 0.2) is 0 Å². The summed E-state index contributed by atoms with van der Waals surface area (Å²) in [7, 11) is 1.65. The Morgan fingerprint density at radius 3 is 2.79 bits per heavy atom. The minimum absolute atomic E-state index is 0.340. The molecule has 1 aromatic heterocycles. The molecule has 1 saturated carbocycles. The fraction of sp³-hybridized carbons (Fsp3) is 0.700. The molecule has 0 bridgehead atoms. The summed E-state index contributed by atoms with van der Waals surface area (Å²) >= 11 is 1.64. The van der Waals surface area contributed by atoms with E-state index < -0.39 is 0 Å². The van der Waals surface area contributed by atoms with Crippen LogP contribution in [0.4, 0.5) is 0 Å². The topological polar surface area (TPSA) is 48.1 Å². The Balaban J connectivity index is 2.18. The van der Waals surface area contributed by atoms with Gasteiger partial charge in [0, 0.05) is 17.0 Å². The standard InChI is InChI=1S/C10H16N2OS/c1-10(2)6(4-11)8(10)7-5-12-9(13-3)14-7/h5-6,8H,4,11H2,1-3H3/t6-,8+/m0/s1. The van der Waals surface area contributed by atoms with Crippen molar-refractivity contribution < 1.29 is 4.74 Å². The summed E-state index contributed by atoms with van der Waals surface area (Å²) in [5.74, 6) is 1.18. The monoisotopic (exact) mass is 212 g/mol. The summed E-state index contributed by atoms with van der Waals surface area (Å²) in [5.41, 5.74) is 6.07. The van der Waals surface area contributed by atoms with Crippen LogP contribution < -0.4 is 10.5 Å². The molecule has 14 heavy (non-hydrogen) atoms. The van der Waals surface area contributed by atoms with Crippen molar-refractivity contribution >= 4 is 11.3 Å². The smallest absolute Gasteiger partial charge is 0.273 e. The predicted molar refractivity (Wildman–Crippen MR) is 57.7 cm³/mol. The summed E-state index contributed by atoms with van der Waals surface area (Å²) < 4.78 is 5.09. The normalized spacial score (nSPS) is 28.9. The molecule has 0 amide bonds. The van der Waals surface area contributed by atoms with Crippen molar-refractivity contribution in [2.24, 2.45) is 17.1 Å². The molecule has 1 aliphatic rings. The van der Waals surface area contributed by atoms with Gasteiger partial charge in [-0.05, 0) is 17.9 Å². The van der Waals surface area contributed by atoms with Gasteiger partial charge in [-0.2, -0.15) is 0 Å². The van der Waals surface area contributed by atoms with Crippen molar-refractivity contribution in [3.8, 4) is 5.19 Å². The molecule has 2 atom stereocenters. The summed E-state index contributed by atoms with van der Waals surface area (Å²) in [6.45, 7) is 5.29. The van der Waals surface area contributed by atoms with Crippen LogP contribution in [0.5, 0.6) is 5.19 Å². The molecular formula is C10H16N2OS. The van der Waals surface area contributed by atoms with Crippen molar-refractivity contribution in [3.63, 3.8) is 0 Å². The number of rotatable bonds is 3. The molecule has 0 radical (unpaired) electrons. The molecule has 4 heteroatoms. The Labute approximate surface area is 88.3 Å². The minimum atomic E-state index is 0.340. The summed E-state index contributed by atoms with van der Waals surface area (Å²) in [6, 6.07) is 0. The Morgan fingerprint density at radius 1 is 1.64 bits per heavy atom. The molecule has 0 aromatic carbocycles. The van der Waals surface area contributed by atoms with Crippen LogP contribution in [0.1, 0.15) is 24.6 Å². The minimum Gasteiger partial charge on any atom is -0.473 e. The highest BCUT2D eigenvalue weighted by molar-refractivity contribution is 7.13. The number of hydrogen-bond acceptors (Lipinski definition) is 4. The van der Waals surface area contributed by atoms with Gasteiger partial charge in [0.2, 0.25) is 0 Å². The van der Waals surface area contributed by atoms with Gasteiger partial charge in [-0.15, -0.1) is 0 Å². The second-order valence-electron chi connectivity index (χ2n) is 4.37. The number of methoxy groups -OCH3 is 1. The number of hydrogen-bond donors (Lipinski definition) is 1. The molecule has 3 nitrogen and oxygen atoms in total. The quantitative estimate of drug-likeness (QED) is 0.831. The van der Waals surface area contributed by atoms with E-state index in [0.717, 1.165) is 11.7 Å². The molecule has 0 saturated heterocycles. The molecule has 0 spiro atoms. The zero-order valence-corrected chi connectivity index (χ0v) is 9.60. The van der Waals surface area contributed by atoms with Gasteiger partial charge in [0.1, 0.15) is 0 Å². The van der Waals surface area contributed by atoms with E-state index in [9.17, 15) is 0 Å². The molecule has 1 aromatic rings. The van der Waals surface area contributed by atoms with E-state index >= 15 is 0 Å². The molecule has 1 heterocycles. The van der Waals surface area contributed by atoms with Crippen LogP contribution in [0.3, 0.4) is 0 Å². The van der Waals surface area contributed by atoms with Crippen LogP contribution in [0.2, 0.25) is 0 Å². The third-order valence-corrected chi connectivity index (χ3v) is 4.33. The third-order valence-electron chi connectivity index (χ3n) is 3.29. The maximum atomic E-state index is 5.73. The second-order valence-corrected chi connectivity index (χ2v) is 5.40. The number of nitrogens with two attached hydrogens (primary N) is 1. The van der Waals surface area contributed by atoms with Crippen LogP contribution >= 0.6 is 11.3 Å². The van der Waals surface area contributed by atoms with E-state index in [-0.39, 0.29) is 0 Å². The summed E-state index contributed by atoms with van der Waals surface area (Å²) in [5, 5.41) is 0.749. The second kappa shape index (κ2) is 3.21. The van der Waals surface area contributed by atoms with Crippen LogP contribution in [-0.4, -0.2) is 18.6 Å². The van der Waals surface area contributed by atoms with Crippen LogP contribution in [-0.2, 0) is 0 Å². The molecular weight excluding hydrogens is 196 g/mol. The lowest BCUT2D eigenvalue weighted by molar-refractivity contribution is 0.412. The lowest BCUT2D eigenvalue weighted by atomic mass is 10.1. The molecule has 0 unspecified atom stereocenters. The van der Waals surface area contributed by atoms with Crippen molar-refractivity contribution in [2.45, 2.75) is 19.8 Å². The third kappa shape index (κ3) is 1.33. The molecule has 78 valence electrons. The highest BCUT2D eigenvalue weighted by Crippen LogP contribution is 2.64. The Kier molecular flexibility index (Phi) is 2.27. The number of nitrogens with zero attached hydrogens (tertiary/aromatic N) is 1. The SMILES string of the molecule is COc1ncc([C@H]2[C@H](CN)C2(C)C)s1. The summed E-state index contributed by atoms with van der Waals surface area (Å²) in [4.78, 5) is 5.49. The largest absolute Gasteiger partial charge is 0.473 e. The molecule has 1 fully saturated rings. The van der Waals surface area contributed by atoms with Gasteiger partial charge >= 0.3 is 0 Å².